The van der Waals surface area contributed by atoms with Crippen molar-refractivity contribution in [1.29, 1.82) is 0 Å². The van der Waals surface area contributed by atoms with Gasteiger partial charge in [0.2, 0.25) is 0 Å². The summed E-state index contributed by atoms with van der Waals surface area (Å²) in [6, 6.07) is 20.6. The average molecular weight is 376 g/mol. The third-order valence-corrected chi connectivity index (χ3v) is 4.80. The van der Waals surface area contributed by atoms with E-state index in [4.69, 9.17) is 9.47 Å². The smallest absolute Gasteiger partial charge is 0.342 e. The molecule has 0 spiro atoms. The third kappa shape index (κ3) is 3.27. The molecule has 0 saturated carbocycles. The van der Waals surface area contributed by atoms with Gasteiger partial charge in [-0.1, -0.05) is 60.7 Å². The van der Waals surface area contributed by atoms with Gasteiger partial charge in [-0.15, -0.1) is 0 Å². The van der Waals surface area contributed by atoms with E-state index in [1.807, 2.05) is 30.3 Å². The Hall–Kier alpha value is -3.47. The molecule has 0 aromatic heterocycles. The van der Waals surface area contributed by atoms with Crippen LogP contribution < -0.4 is 0 Å². The number of fused-ring (bicyclic) bond motifs is 1. The van der Waals surface area contributed by atoms with Crippen LogP contribution in [0.3, 0.4) is 0 Å². The highest BCUT2D eigenvalue weighted by atomic mass is 19.1. The van der Waals surface area contributed by atoms with Gasteiger partial charge in [0.05, 0.1) is 11.5 Å². The van der Waals surface area contributed by atoms with Crippen molar-refractivity contribution in [2.75, 3.05) is 0 Å². The normalized spacial score (nSPS) is 16.2. The largest absolute Gasteiger partial charge is 0.420 e. The van der Waals surface area contributed by atoms with E-state index >= 15 is 0 Å². The lowest BCUT2D eigenvalue weighted by molar-refractivity contribution is -0.169. The minimum atomic E-state index is -1.08. The molecular formula is C23H17FO4. The van der Waals surface area contributed by atoms with E-state index in [2.05, 4.69) is 0 Å². The maximum atomic E-state index is 14.6. The summed E-state index contributed by atoms with van der Waals surface area (Å²) in [6.07, 6.45) is -1.08. The van der Waals surface area contributed by atoms with Gasteiger partial charge in [-0.05, 0) is 30.2 Å². The lowest BCUT2D eigenvalue weighted by Gasteiger charge is -2.17. The first-order chi connectivity index (χ1) is 13.5. The summed E-state index contributed by atoms with van der Waals surface area (Å²) in [5, 5.41) is 0. The Balaban J connectivity index is 1.52. The molecule has 3 aromatic carbocycles. The van der Waals surface area contributed by atoms with Crippen molar-refractivity contribution in [3.8, 4) is 11.1 Å². The van der Waals surface area contributed by atoms with Crippen molar-refractivity contribution in [2.24, 2.45) is 0 Å². The first kappa shape index (κ1) is 17.9. The minimum absolute atomic E-state index is 0.381. The van der Waals surface area contributed by atoms with E-state index in [1.165, 1.54) is 6.07 Å². The molecule has 1 aliphatic rings. The molecule has 28 heavy (non-hydrogen) atoms. The molecular weight excluding hydrogens is 359 g/mol. The number of ether oxygens (including phenoxy) is 2. The van der Waals surface area contributed by atoms with Crippen LogP contribution in [0.4, 0.5) is 4.39 Å². The zero-order chi connectivity index (χ0) is 19.7. The van der Waals surface area contributed by atoms with Crippen LogP contribution in [0.1, 0.15) is 40.6 Å². The number of hydrogen-bond acceptors (Lipinski definition) is 4. The Labute approximate surface area is 161 Å². The van der Waals surface area contributed by atoms with Crippen molar-refractivity contribution in [1.82, 2.24) is 0 Å². The van der Waals surface area contributed by atoms with Crippen LogP contribution in [-0.2, 0) is 14.3 Å². The number of carbonyl (C=O) groups excluding carboxylic acids is 2. The van der Waals surface area contributed by atoms with Crippen LogP contribution >= 0.6 is 0 Å². The fourth-order valence-electron chi connectivity index (χ4n) is 3.20. The molecule has 1 heterocycles. The molecule has 4 nitrogen and oxygen atoms in total. The van der Waals surface area contributed by atoms with Gasteiger partial charge in [-0.25, -0.2) is 9.18 Å². The van der Waals surface area contributed by atoms with Gasteiger partial charge < -0.3 is 9.47 Å². The number of halogens is 1. The molecule has 0 saturated heterocycles. The summed E-state index contributed by atoms with van der Waals surface area (Å²) < 4.78 is 25.1. The van der Waals surface area contributed by atoms with Crippen molar-refractivity contribution >= 4 is 11.9 Å². The number of carbonyl (C=O) groups is 2. The van der Waals surface area contributed by atoms with Crippen LogP contribution in [0, 0.1) is 5.82 Å². The van der Waals surface area contributed by atoms with Gasteiger partial charge in [0.1, 0.15) is 5.82 Å². The molecule has 0 aliphatic carbocycles. The second kappa shape index (κ2) is 7.27. The highest BCUT2D eigenvalue weighted by molar-refractivity contribution is 5.94. The van der Waals surface area contributed by atoms with Crippen LogP contribution in [0.15, 0.2) is 72.8 Å². The van der Waals surface area contributed by atoms with Crippen molar-refractivity contribution in [3.63, 3.8) is 0 Å². The van der Waals surface area contributed by atoms with Gasteiger partial charge >= 0.3 is 11.9 Å². The molecule has 0 bridgehead atoms. The molecule has 0 amide bonds. The Morgan fingerprint density at radius 3 is 2.46 bits per heavy atom. The number of hydrogen-bond donors (Lipinski definition) is 0. The second-order valence-electron chi connectivity index (χ2n) is 6.59. The topological polar surface area (TPSA) is 52.6 Å². The first-order valence-electron chi connectivity index (χ1n) is 8.90. The maximum absolute atomic E-state index is 14.6. The van der Waals surface area contributed by atoms with E-state index in [-0.39, 0.29) is 0 Å². The molecule has 1 aliphatic heterocycles. The van der Waals surface area contributed by atoms with Gasteiger partial charge in [-0.2, -0.15) is 0 Å². The molecule has 5 heteroatoms. The summed E-state index contributed by atoms with van der Waals surface area (Å²) in [5.41, 5.74) is 2.60. The van der Waals surface area contributed by atoms with Crippen LogP contribution in [0.5, 0.6) is 0 Å². The standard InChI is InChI=1S/C23H17FO4/c1-14(16-11-12-17(20(24)13-16)15-7-3-2-4-8-15)21(25)27-23-19-10-6-5-9-18(19)22(26)28-23/h2-14,23H,1H3. The number of benzene rings is 3. The molecule has 0 N–H and O–H groups in total. The van der Waals surface area contributed by atoms with Crippen LogP contribution in [-0.4, -0.2) is 11.9 Å². The summed E-state index contributed by atoms with van der Waals surface area (Å²) >= 11 is 0. The van der Waals surface area contributed by atoms with E-state index in [9.17, 15) is 14.0 Å². The predicted octanol–water partition coefficient (Wildman–Crippen LogP) is 5.01. The molecule has 4 rings (SSSR count). The van der Waals surface area contributed by atoms with E-state index < -0.39 is 30.0 Å². The van der Waals surface area contributed by atoms with Crippen molar-refractivity contribution in [3.05, 3.63) is 95.3 Å². The number of esters is 2. The highest BCUT2D eigenvalue weighted by Crippen LogP contribution is 2.33. The van der Waals surface area contributed by atoms with Crippen LogP contribution in [0.2, 0.25) is 0 Å². The van der Waals surface area contributed by atoms with Crippen LogP contribution in [0.25, 0.3) is 11.1 Å². The van der Waals surface area contributed by atoms with Gasteiger partial charge in [0.15, 0.2) is 0 Å². The molecule has 140 valence electrons. The zero-order valence-corrected chi connectivity index (χ0v) is 15.1. The van der Waals surface area contributed by atoms with Crippen molar-refractivity contribution in [2.45, 2.75) is 19.1 Å². The predicted molar refractivity (Wildman–Crippen MR) is 101 cm³/mol. The number of cyclic esters (lactones) is 1. The van der Waals surface area contributed by atoms with E-state index in [0.29, 0.717) is 22.3 Å². The van der Waals surface area contributed by atoms with Gasteiger partial charge in [0.25, 0.3) is 6.29 Å². The maximum Gasteiger partial charge on any atom is 0.342 e. The average Bonchev–Trinajstić information content (AvgIpc) is 3.03. The summed E-state index contributed by atoms with van der Waals surface area (Å²) in [4.78, 5) is 24.4. The fourth-order valence-corrected chi connectivity index (χ4v) is 3.20. The van der Waals surface area contributed by atoms with E-state index in [0.717, 1.165) is 5.56 Å². The Kier molecular flexibility index (Phi) is 4.65. The SMILES string of the molecule is CC(C(=O)OC1OC(=O)c2ccccc21)c1ccc(-c2ccccc2)c(F)c1. The highest BCUT2D eigenvalue weighted by Gasteiger charge is 2.34. The Morgan fingerprint density at radius 1 is 1.00 bits per heavy atom. The van der Waals surface area contributed by atoms with E-state index in [1.54, 1.807) is 43.3 Å². The molecule has 0 fully saturated rings. The summed E-state index contributed by atoms with van der Waals surface area (Å²) in [5.74, 6) is -2.26. The van der Waals surface area contributed by atoms with Gasteiger partial charge in [0, 0.05) is 11.1 Å². The summed E-state index contributed by atoms with van der Waals surface area (Å²) in [6.45, 7) is 1.63. The number of rotatable bonds is 4. The Bertz CT molecular complexity index is 1050. The summed E-state index contributed by atoms with van der Waals surface area (Å²) in [7, 11) is 0. The fraction of sp³-hybridized carbons (Fsp3) is 0.130. The quantitative estimate of drug-likeness (QED) is 0.601. The third-order valence-electron chi connectivity index (χ3n) is 4.80. The second-order valence-corrected chi connectivity index (χ2v) is 6.59. The Morgan fingerprint density at radius 2 is 1.71 bits per heavy atom. The monoisotopic (exact) mass is 376 g/mol. The zero-order valence-electron chi connectivity index (χ0n) is 15.1. The van der Waals surface area contributed by atoms with Crippen molar-refractivity contribution < 1.29 is 23.5 Å². The molecule has 3 aromatic rings. The molecule has 0 radical (unpaired) electrons. The minimum Gasteiger partial charge on any atom is -0.420 e. The molecule has 2 atom stereocenters. The lowest BCUT2D eigenvalue weighted by atomic mass is 9.97. The first-order valence-corrected chi connectivity index (χ1v) is 8.90. The molecule has 2 unspecified atom stereocenters. The lowest BCUT2D eigenvalue weighted by Crippen LogP contribution is -2.17. The van der Waals surface area contributed by atoms with Gasteiger partial charge in [-0.3, -0.25) is 4.79 Å².